The zero-order valence-electron chi connectivity index (χ0n) is 11.6. The number of hydrogen-bond donors (Lipinski definition) is 1. The van der Waals surface area contributed by atoms with Crippen LogP contribution in [0.25, 0.3) is 10.8 Å². The Bertz CT molecular complexity index is 574. The van der Waals surface area contributed by atoms with E-state index in [0.717, 1.165) is 21.5 Å². The van der Waals surface area contributed by atoms with E-state index in [0.29, 0.717) is 6.54 Å². The molecular formula is C16H20ClNO. The molecule has 0 aliphatic heterocycles. The van der Waals surface area contributed by atoms with Gasteiger partial charge in [0.15, 0.2) is 0 Å². The molecule has 0 bridgehead atoms. The lowest BCUT2D eigenvalue weighted by atomic mass is 9.89. The van der Waals surface area contributed by atoms with Crippen molar-refractivity contribution in [1.82, 2.24) is 0 Å². The van der Waals surface area contributed by atoms with E-state index < -0.39 is 0 Å². The second-order valence-corrected chi connectivity index (χ2v) is 6.21. The summed E-state index contributed by atoms with van der Waals surface area (Å²) in [7, 11) is 0. The van der Waals surface area contributed by atoms with Gasteiger partial charge in [-0.05, 0) is 12.1 Å². The molecule has 0 radical (unpaired) electrons. The largest absolute Gasteiger partial charge is 0.488 e. The van der Waals surface area contributed by atoms with Crippen molar-refractivity contribution < 1.29 is 4.74 Å². The maximum absolute atomic E-state index is 6.21. The van der Waals surface area contributed by atoms with Crippen LogP contribution in [0.4, 0.5) is 0 Å². The molecule has 102 valence electrons. The molecule has 0 aliphatic carbocycles. The van der Waals surface area contributed by atoms with Crippen LogP contribution in [0, 0.1) is 5.41 Å². The highest BCUT2D eigenvalue weighted by molar-refractivity contribution is 6.35. The van der Waals surface area contributed by atoms with Gasteiger partial charge in [0.05, 0.1) is 0 Å². The van der Waals surface area contributed by atoms with Gasteiger partial charge in [-0.25, -0.2) is 0 Å². The highest BCUT2D eigenvalue weighted by Gasteiger charge is 2.25. The van der Waals surface area contributed by atoms with Crippen LogP contribution in [0.1, 0.15) is 20.8 Å². The van der Waals surface area contributed by atoms with Crippen molar-refractivity contribution in [1.29, 1.82) is 0 Å². The molecule has 2 N–H and O–H groups in total. The summed E-state index contributed by atoms with van der Waals surface area (Å²) in [6, 6.07) is 11.8. The number of ether oxygens (including phenoxy) is 1. The topological polar surface area (TPSA) is 35.2 Å². The maximum atomic E-state index is 6.21. The average Bonchev–Trinajstić information content (AvgIpc) is 2.37. The van der Waals surface area contributed by atoms with Gasteiger partial charge in [0.2, 0.25) is 0 Å². The fraction of sp³-hybridized carbons (Fsp3) is 0.375. The molecular weight excluding hydrogens is 258 g/mol. The Morgan fingerprint density at radius 1 is 1.11 bits per heavy atom. The summed E-state index contributed by atoms with van der Waals surface area (Å²) in [6.07, 6.45) is -0.0305. The monoisotopic (exact) mass is 277 g/mol. The molecule has 0 heterocycles. The molecule has 0 aromatic heterocycles. The van der Waals surface area contributed by atoms with Crippen LogP contribution in [0.3, 0.4) is 0 Å². The molecule has 2 nitrogen and oxygen atoms in total. The smallest absolute Gasteiger partial charge is 0.127 e. The van der Waals surface area contributed by atoms with E-state index in [1.165, 1.54) is 0 Å². The van der Waals surface area contributed by atoms with E-state index in [-0.39, 0.29) is 11.5 Å². The molecule has 2 aromatic rings. The minimum absolute atomic E-state index is 0.00447. The van der Waals surface area contributed by atoms with Crippen LogP contribution in [-0.2, 0) is 0 Å². The van der Waals surface area contributed by atoms with Crippen molar-refractivity contribution in [3.8, 4) is 5.75 Å². The second-order valence-electron chi connectivity index (χ2n) is 5.80. The van der Waals surface area contributed by atoms with E-state index in [9.17, 15) is 0 Å². The molecule has 3 heteroatoms. The summed E-state index contributed by atoms with van der Waals surface area (Å²) >= 11 is 6.21. The lowest BCUT2D eigenvalue weighted by molar-refractivity contribution is 0.0958. The Morgan fingerprint density at radius 3 is 2.32 bits per heavy atom. The summed E-state index contributed by atoms with van der Waals surface area (Å²) in [5, 5.41) is 2.77. The summed E-state index contributed by atoms with van der Waals surface area (Å²) < 4.78 is 6.11. The third-order valence-corrected chi connectivity index (χ3v) is 3.61. The van der Waals surface area contributed by atoms with E-state index in [1.807, 2.05) is 36.4 Å². The third kappa shape index (κ3) is 3.02. The molecule has 0 spiro atoms. The van der Waals surface area contributed by atoms with Gasteiger partial charge in [-0.15, -0.1) is 0 Å². The lowest BCUT2D eigenvalue weighted by Crippen LogP contribution is -2.38. The minimum Gasteiger partial charge on any atom is -0.488 e. The predicted molar refractivity (Wildman–Crippen MR) is 81.9 cm³/mol. The first kappa shape index (κ1) is 14.2. The fourth-order valence-electron chi connectivity index (χ4n) is 2.07. The highest BCUT2D eigenvalue weighted by atomic mass is 35.5. The van der Waals surface area contributed by atoms with E-state index in [4.69, 9.17) is 22.1 Å². The number of halogens is 1. The Hall–Kier alpha value is -1.25. The van der Waals surface area contributed by atoms with Crippen LogP contribution in [0.2, 0.25) is 5.02 Å². The maximum Gasteiger partial charge on any atom is 0.127 e. The number of fused-ring (bicyclic) bond motifs is 1. The minimum atomic E-state index is -0.0305. The zero-order valence-corrected chi connectivity index (χ0v) is 12.4. The number of benzene rings is 2. The van der Waals surface area contributed by atoms with Crippen LogP contribution in [-0.4, -0.2) is 12.6 Å². The quantitative estimate of drug-likeness (QED) is 0.910. The van der Waals surface area contributed by atoms with Gasteiger partial charge in [0.25, 0.3) is 0 Å². The van der Waals surface area contributed by atoms with Crippen molar-refractivity contribution in [2.75, 3.05) is 6.54 Å². The SMILES string of the molecule is CC(C)(C)C(CN)Oc1ccc(Cl)c2ccccc12. The average molecular weight is 278 g/mol. The summed E-state index contributed by atoms with van der Waals surface area (Å²) in [4.78, 5) is 0. The Labute approximate surface area is 119 Å². The molecule has 0 aliphatic rings. The fourth-order valence-corrected chi connectivity index (χ4v) is 2.30. The van der Waals surface area contributed by atoms with Gasteiger partial charge in [0.1, 0.15) is 11.9 Å². The Balaban J connectivity index is 2.44. The van der Waals surface area contributed by atoms with Crippen LogP contribution in [0.5, 0.6) is 5.75 Å². The second kappa shape index (κ2) is 5.40. The summed E-state index contributed by atoms with van der Waals surface area (Å²) in [5.74, 6) is 0.838. The van der Waals surface area contributed by atoms with Crippen LogP contribution >= 0.6 is 11.6 Å². The first-order valence-electron chi connectivity index (χ1n) is 6.47. The summed E-state index contributed by atoms with van der Waals surface area (Å²) in [5.41, 5.74) is 5.83. The van der Waals surface area contributed by atoms with Gasteiger partial charge >= 0.3 is 0 Å². The van der Waals surface area contributed by atoms with Gasteiger partial charge in [-0.3, -0.25) is 0 Å². The molecule has 1 unspecified atom stereocenters. The van der Waals surface area contributed by atoms with Crippen molar-refractivity contribution >= 4 is 22.4 Å². The number of rotatable bonds is 3. The highest BCUT2D eigenvalue weighted by Crippen LogP contribution is 2.33. The van der Waals surface area contributed by atoms with Crippen molar-refractivity contribution in [2.24, 2.45) is 11.1 Å². The third-order valence-electron chi connectivity index (χ3n) is 3.28. The first-order chi connectivity index (χ1) is 8.93. The molecule has 1 atom stereocenters. The van der Waals surface area contributed by atoms with Gasteiger partial charge < -0.3 is 10.5 Å². The summed E-state index contributed by atoms with van der Waals surface area (Å²) in [6.45, 7) is 6.87. The van der Waals surface area contributed by atoms with Crippen molar-refractivity contribution in [3.63, 3.8) is 0 Å². The molecule has 2 rings (SSSR count). The van der Waals surface area contributed by atoms with Crippen molar-refractivity contribution in [2.45, 2.75) is 26.9 Å². The molecule has 19 heavy (non-hydrogen) atoms. The Kier molecular flexibility index (Phi) is 4.02. The van der Waals surface area contributed by atoms with Crippen molar-refractivity contribution in [3.05, 3.63) is 41.4 Å². The Morgan fingerprint density at radius 2 is 1.74 bits per heavy atom. The van der Waals surface area contributed by atoms with Gasteiger partial charge in [0, 0.05) is 27.8 Å². The van der Waals surface area contributed by atoms with Crippen LogP contribution in [0.15, 0.2) is 36.4 Å². The normalized spacial score (nSPS) is 13.5. The standard InChI is InChI=1S/C16H20ClNO/c1-16(2,3)15(10-18)19-14-9-8-13(17)11-6-4-5-7-12(11)14/h4-9,15H,10,18H2,1-3H3. The van der Waals surface area contributed by atoms with E-state index in [1.54, 1.807) is 0 Å². The zero-order chi connectivity index (χ0) is 14.0. The molecule has 2 aromatic carbocycles. The van der Waals surface area contributed by atoms with Gasteiger partial charge in [-0.2, -0.15) is 0 Å². The van der Waals surface area contributed by atoms with E-state index in [2.05, 4.69) is 20.8 Å². The molecule has 0 saturated heterocycles. The first-order valence-corrected chi connectivity index (χ1v) is 6.85. The van der Waals surface area contributed by atoms with E-state index >= 15 is 0 Å². The van der Waals surface area contributed by atoms with Crippen LogP contribution < -0.4 is 10.5 Å². The lowest BCUT2D eigenvalue weighted by Gasteiger charge is -2.30. The molecule has 0 fully saturated rings. The number of hydrogen-bond acceptors (Lipinski definition) is 2. The predicted octanol–water partition coefficient (Wildman–Crippen LogP) is 4.25. The molecule has 0 amide bonds. The molecule has 0 saturated carbocycles. The van der Waals surface area contributed by atoms with Gasteiger partial charge in [-0.1, -0.05) is 56.6 Å². The number of nitrogens with two attached hydrogens (primary N) is 1.